The molecule has 22 heavy (non-hydrogen) atoms. The highest BCUT2D eigenvalue weighted by Crippen LogP contribution is 2.14. The first-order chi connectivity index (χ1) is 10.6. The van der Waals surface area contributed by atoms with Gasteiger partial charge in [-0.05, 0) is 26.7 Å². The van der Waals surface area contributed by atoms with Gasteiger partial charge >= 0.3 is 0 Å². The maximum absolute atomic E-state index is 12.2. The number of rotatable bonds is 4. The molecule has 2 aromatic rings. The predicted molar refractivity (Wildman–Crippen MR) is 80.5 cm³/mol. The van der Waals surface area contributed by atoms with Crippen molar-refractivity contribution in [2.75, 3.05) is 6.54 Å². The van der Waals surface area contributed by atoms with E-state index in [-0.39, 0.29) is 5.91 Å². The van der Waals surface area contributed by atoms with Crippen LogP contribution in [0.4, 0.5) is 0 Å². The molecule has 1 aliphatic heterocycles. The minimum absolute atomic E-state index is 0.143. The summed E-state index contributed by atoms with van der Waals surface area (Å²) in [7, 11) is 0. The number of hydrogen-bond donors (Lipinski definition) is 1. The van der Waals surface area contributed by atoms with E-state index in [0.29, 0.717) is 30.0 Å². The lowest BCUT2D eigenvalue weighted by Crippen LogP contribution is -2.28. The van der Waals surface area contributed by atoms with Gasteiger partial charge < -0.3 is 9.88 Å². The number of nitrogens with zero attached hydrogens (tertiary/aromatic N) is 5. The Labute approximate surface area is 129 Å². The molecule has 116 valence electrons. The van der Waals surface area contributed by atoms with Crippen LogP contribution < -0.4 is 5.32 Å². The zero-order valence-corrected chi connectivity index (χ0v) is 13.0. The quantitative estimate of drug-likeness (QED) is 0.910. The molecule has 0 bridgehead atoms. The van der Waals surface area contributed by atoms with Gasteiger partial charge in [-0.1, -0.05) is 0 Å². The average molecular weight is 300 g/mol. The number of amides is 1. The molecular formula is C15H20N6O. The second kappa shape index (κ2) is 6.21. The Kier molecular flexibility index (Phi) is 4.13. The van der Waals surface area contributed by atoms with Gasteiger partial charge in [-0.15, -0.1) is 10.2 Å². The summed E-state index contributed by atoms with van der Waals surface area (Å²) in [5.74, 6) is 2.54. The van der Waals surface area contributed by atoms with Crippen LogP contribution in [0.1, 0.15) is 46.4 Å². The molecule has 3 heterocycles. The molecular weight excluding hydrogens is 280 g/mol. The van der Waals surface area contributed by atoms with Crippen LogP contribution in [-0.4, -0.2) is 37.2 Å². The van der Waals surface area contributed by atoms with Gasteiger partial charge in [-0.25, -0.2) is 9.97 Å². The molecule has 0 aliphatic carbocycles. The summed E-state index contributed by atoms with van der Waals surface area (Å²) < 4.78 is 2.18. The lowest BCUT2D eigenvalue weighted by atomic mass is 10.1. The molecule has 0 aromatic carbocycles. The molecule has 0 spiro atoms. The van der Waals surface area contributed by atoms with E-state index in [1.807, 2.05) is 13.8 Å². The summed E-state index contributed by atoms with van der Waals surface area (Å²) in [5, 5.41) is 11.4. The Morgan fingerprint density at radius 1 is 1.32 bits per heavy atom. The van der Waals surface area contributed by atoms with Crippen LogP contribution in [0.25, 0.3) is 0 Å². The molecule has 2 aromatic heterocycles. The molecule has 1 amide bonds. The van der Waals surface area contributed by atoms with Crippen LogP contribution in [0.2, 0.25) is 0 Å². The normalized spacial score (nSPS) is 13.7. The van der Waals surface area contributed by atoms with Crippen molar-refractivity contribution in [3.63, 3.8) is 0 Å². The van der Waals surface area contributed by atoms with Gasteiger partial charge in [0.05, 0.1) is 11.3 Å². The average Bonchev–Trinajstić information content (AvgIpc) is 2.90. The van der Waals surface area contributed by atoms with Crippen molar-refractivity contribution < 1.29 is 4.79 Å². The molecule has 0 saturated carbocycles. The number of aryl methyl sites for hydroxylation is 3. The lowest BCUT2D eigenvalue weighted by molar-refractivity contribution is 0.0952. The monoisotopic (exact) mass is 300 g/mol. The number of nitrogens with one attached hydrogen (secondary N) is 1. The molecule has 3 rings (SSSR count). The highest BCUT2D eigenvalue weighted by molar-refractivity contribution is 5.94. The fourth-order valence-electron chi connectivity index (χ4n) is 2.74. The van der Waals surface area contributed by atoms with Crippen molar-refractivity contribution in [3.05, 3.63) is 34.9 Å². The van der Waals surface area contributed by atoms with Crippen molar-refractivity contribution in [2.24, 2.45) is 0 Å². The number of fused-ring (bicyclic) bond motifs is 1. The summed E-state index contributed by atoms with van der Waals surface area (Å²) in [6.45, 7) is 5.14. The second-order valence-corrected chi connectivity index (χ2v) is 5.56. The first-order valence-electron chi connectivity index (χ1n) is 7.64. The van der Waals surface area contributed by atoms with E-state index in [0.717, 1.165) is 24.6 Å². The van der Waals surface area contributed by atoms with E-state index in [2.05, 4.69) is 30.0 Å². The van der Waals surface area contributed by atoms with Crippen molar-refractivity contribution in [1.29, 1.82) is 0 Å². The molecule has 7 nitrogen and oxygen atoms in total. The van der Waals surface area contributed by atoms with Crippen molar-refractivity contribution in [3.8, 4) is 0 Å². The molecule has 1 N–H and O–H groups in total. The maximum atomic E-state index is 12.2. The third kappa shape index (κ3) is 2.98. The Morgan fingerprint density at radius 3 is 3.00 bits per heavy atom. The molecule has 0 fully saturated rings. The molecule has 0 radical (unpaired) electrons. The second-order valence-electron chi connectivity index (χ2n) is 5.56. The van der Waals surface area contributed by atoms with Crippen LogP contribution in [-0.2, 0) is 19.4 Å². The lowest BCUT2D eigenvalue weighted by Gasteiger charge is -2.14. The van der Waals surface area contributed by atoms with E-state index in [1.165, 1.54) is 12.8 Å². The van der Waals surface area contributed by atoms with Crippen LogP contribution in [0.15, 0.2) is 6.20 Å². The van der Waals surface area contributed by atoms with Gasteiger partial charge in [-0.2, -0.15) is 0 Å². The van der Waals surface area contributed by atoms with Gasteiger partial charge in [-0.3, -0.25) is 4.79 Å². The number of aromatic nitrogens is 5. The first-order valence-corrected chi connectivity index (χ1v) is 7.64. The summed E-state index contributed by atoms with van der Waals surface area (Å²) in [5.41, 5.74) is 1.22. The Morgan fingerprint density at radius 2 is 2.18 bits per heavy atom. The molecule has 0 unspecified atom stereocenters. The van der Waals surface area contributed by atoms with Gasteiger partial charge in [0.1, 0.15) is 17.5 Å². The third-order valence-electron chi connectivity index (χ3n) is 3.91. The minimum Gasteiger partial charge on any atom is -0.351 e. The molecule has 0 saturated heterocycles. The molecule has 1 aliphatic rings. The molecule has 0 atom stereocenters. The van der Waals surface area contributed by atoms with Crippen molar-refractivity contribution in [2.45, 2.75) is 46.1 Å². The van der Waals surface area contributed by atoms with Gasteiger partial charge in [0, 0.05) is 32.1 Å². The van der Waals surface area contributed by atoms with Crippen molar-refractivity contribution in [1.82, 2.24) is 30.0 Å². The van der Waals surface area contributed by atoms with E-state index in [4.69, 9.17) is 0 Å². The predicted octanol–water partition coefficient (Wildman–Crippen LogP) is 0.994. The van der Waals surface area contributed by atoms with Gasteiger partial charge in [0.2, 0.25) is 0 Å². The van der Waals surface area contributed by atoms with Crippen LogP contribution in [0.5, 0.6) is 0 Å². The Balaban J connectivity index is 1.59. The number of carbonyl (C=O) groups excluding carboxylic acids is 1. The summed E-state index contributed by atoms with van der Waals surface area (Å²) in [6.07, 6.45) is 5.61. The fraction of sp³-hybridized carbons (Fsp3) is 0.533. The van der Waals surface area contributed by atoms with Gasteiger partial charge in [0.15, 0.2) is 0 Å². The largest absolute Gasteiger partial charge is 0.351 e. The topological polar surface area (TPSA) is 85.6 Å². The highest BCUT2D eigenvalue weighted by Gasteiger charge is 2.16. The summed E-state index contributed by atoms with van der Waals surface area (Å²) in [6, 6.07) is 0. The fourth-order valence-corrected chi connectivity index (χ4v) is 2.74. The van der Waals surface area contributed by atoms with Crippen molar-refractivity contribution >= 4 is 5.91 Å². The van der Waals surface area contributed by atoms with Crippen LogP contribution in [0, 0.1) is 13.8 Å². The van der Waals surface area contributed by atoms with E-state index in [1.54, 1.807) is 6.20 Å². The number of carbonyl (C=O) groups is 1. The summed E-state index contributed by atoms with van der Waals surface area (Å²) >= 11 is 0. The highest BCUT2D eigenvalue weighted by atomic mass is 16.1. The Hall–Kier alpha value is -2.31. The standard InChI is InChI=1S/C15H20N6O/c1-10-12(9-17-11(2)18-10)15(22)16-7-6-14-20-19-13-5-3-4-8-21(13)14/h9H,3-8H2,1-2H3,(H,16,22). The van der Waals surface area contributed by atoms with E-state index in [9.17, 15) is 4.79 Å². The van der Waals surface area contributed by atoms with Gasteiger partial charge in [0.25, 0.3) is 5.91 Å². The van der Waals surface area contributed by atoms with E-state index >= 15 is 0 Å². The zero-order chi connectivity index (χ0) is 15.5. The van der Waals surface area contributed by atoms with E-state index < -0.39 is 0 Å². The SMILES string of the molecule is Cc1ncc(C(=O)NCCc2nnc3n2CCCC3)c(C)n1. The third-order valence-corrected chi connectivity index (χ3v) is 3.91. The number of hydrogen-bond acceptors (Lipinski definition) is 5. The maximum Gasteiger partial charge on any atom is 0.254 e. The smallest absolute Gasteiger partial charge is 0.254 e. The minimum atomic E-state index is -0.143. The van der Waals surface area contributed by atoms with Crippen LogP contribution >= 0.6 is 0 Å². The Bertz CT molecular complexity index is 693. The zero-order valence-electron chi connectivity index (χ0n) is 13.0. The summed E-state index contributed by atoms with van der Waals surface area (Å²) in [4.78, 5) is 20.5. The van der Waals surface area contributed by atoms with Crippen LogP contribution in [0.3, 0.4) is 0 Å². The molecule has 7 heteroatoms. The first kappa shape index (κ1) is 14.6.